The number of urea groups is 1. The SMILES string of the molecule is CCCCCCOc1c(Cl)cc(C=C2C(=O)NC(=O)N(c3ccc(Cl)cc3)C2=O)cc1OC. The molecular formula is C24H24Cl2N2O5. The van der Waals surface area contributed by atoms with Gasteiger partial charge in [0, 0.05) is 5.02 Å². The number of hydrogen-bond donors (Lipinski definition) is 1. The van der Waals surface area contributed by atoms with E-state index in [0.717, 1.165) is 30.6 Å². The van der Waals surface area contributed by atoms with E-state index < -0.39 is 17.8 Å². The minimum Gasteiger partial charge on any atom is -0.493 e. The number of nitrogens with one attached hydrogen (secondary N) is 1. The number of methoxy groups -OCH3 is 1. The molecule has 4 amide bonds. The molecule has 1 saturated heterocycles. The van der Waals surface area contributed by atoms with Crippen molar-refractivity contribution in [2.24, 2.45) is 0 Å². The lowest BCUT2D eigenvalue weighted by Crippen LogP contribution is -2.54. The lowest BCUT2D eigenvalue weighted by atomic mass is 10.1. The Bertz CT molecular complexity index is 1080. The van der Waals surface area contributed by atoms with Crippen LogP contribution in [0.4, 0.5) is 10.5 Å². The molecule has 0 saturated carbocycles. The van der Waals surface area contributed by atoms with Gasteiger partial charge < -0.3 is 9.47 Å². The Hall–Kier alpha value is -3.03. The molecule has 3 rings (SSSR count). The fraction of sp³-hybridized carbons (Fsp3) is 0.292. The minimum atomic E-state index is -0.841. The normalized spacial score (nSPS) is 15.1. The summed E-state index contributed by atoms with van der Waals surface area (Å²) in [4.78, 5) is 38.6. The number of halogens is 2. The maximum absolute atomic E-state index is 13.0. The van der Waals surface area contributed by atoms with E-state index in [1.165, 1.54) is 25.3 Å². The van der Waals surface area contributed by atoms with Gasteiger partial charge in [0.05, 0.1) is 24.4 Å². The molecular weight excluding hydrogens is 467 g/mol. The summed E-state index contributed by atoms with van der Waals surface area (Å²) in [5.74, 6) is -0.798. The van der Waals surface area contributed by atoms with Gasteiger partial charge in [0.25, 0.3) is 11.8 Å². The molecule has 2 aromatic rings. The highest BCUT2D eigenvalue weighted by Crippen LogP contribution is 2.37. The second-order valence-electron chi connectivity index (χ2n) is 7.38. The van der Waals surface area contributed by atoms with Crippen molar-refractivity contribution in [2.75, 3.05) is 18.6 Å². The number of hydrogen-bond acceptors (Lipinski definition) is 5. The minimum absolute atomic E-state index is 0.226. The number of barbiturate groups is 1. The zero-order chi connectivity index (χ0) is 24.0. The molecule has 9 heteroatoms. The van der Waals surface area contributed by atoms with Crippen LogP contribution in [0.25, 0.3) is 6.08 Å². The van der Waals surface area contributed by atoms with Crippen LogP contribution in [0, 0.1) is 0 Å². The van der Waals surface area contributed by atoms with Crippen LogP contribution in [0.1, 0.15) is 38.2 Å². The standard InChI is InChI=1S/C24H24Cl2N2O5/c1-3-4-5-6-11-33-21-19(26)13-15(14-20(21)32-2)12-18-22(29)27-24(31)28(23(18)30)17-9-7-16(25)8-10-17/h7-10,12-14H,3-6,11H2,1-2H3,(H,27,29,31). The molecule has 0 unspecified atom stereocenters. The molecule has 2 aromatic carbocycles. The predicted octanol–water partition coefficient (Wildman–Crippen LogP) is 5.63. The first-order valence-electron chi connectivity index (χ1n) is 10.5. The molecule has 7 nitrogen and oxygen atoms in total. The fourth-order valence-electron chi connectivity index (χ4n) is 3.32. The molecule has 0 aromatic heterocycles. The Morgan fingerprint density at radius 1 is 1.03 bits per heavy atom. The summed E-state index contributed by atoms with van der Waals surface area (Å²) in [5, 5.41) is 2.91. The number of rotatable bonds is 9. The highest BCUT2D eigenvalue weighted by molar-refractivity contribution is 6.39. The van der Waals surface area contributed by atoms with Crippen molar-refractivity contribution in [1.82, 2.24) is 5.32 Å². The lowest BCUT2D eigenvalue weighted by Gasteiger charge is -2.26. The average molecular weight is 491 g/mol. The van der Waals surface area contributed by atoms with E-state index in [2.05, 4.69) is 12.2 Å². The van der Waals surface area contributed by atoms with Crippen molar-refractivity contribution in [3.63, 3.8) is 0 Å². The molecule has 1 aliphatic rings. The Balaban J connectivity index is 1.88. The average Bonchev–Trinajstić information content (AvgIpc) is 2.78. The second-order valence-corrected chi connectivity index (χ2v) is 8.22. The number of benzene rings is 2. The number of ether oxygens (including phenoxy) is 2. The number of imide groups is 2. The quantitative estimate of drug-likeness (QED) is 0.279. The van der Waals surface area contributed by atoms with Crippen LogP contribution in [0.3, 0.4) is 0 Å². The molecule has 0 bridgehead atoms. The molecule has 0 atom stereocenters. The number of anilines is 1. The first kappa shape index (κ1) is 24.6. The van der Waals surface area contributed by atoms with E-state index in [9.17, 15) is 14.4 Å². The molecule has 0 aliphatic carbocycles. The van der Waals surface area contributed by atoms with Crippen LogP contribution in [-0.2, 0) is 9.59 Å². The van der Waals surface area contributed by atoms with Crippen molar-refractivity contribution < 1.29 is 23.9 Å². The number of carbonyl (C=O) groups is 3. The Morgan fingerprint density at radius 2 is 1.76 bits per heavy atom. The third kappa shape index (κ3) is 5.86. The molecule has 0 radical (unpaired) electrons. The molecule has 1 N–H and O–H groups in total. The van der Waals surface area contributed by atoms with E-state index in [0.29, 0.717) is 28.7 Å². The van der Waals surface area contributed by atoms with Crippen molar-refractivity contribution >= 4 is 52.8 Å². The molecule has 1 fully saturated rings. The smallest absolute Gasteiger partial charge is 0.335 e. The Kier molecular flexibility index (Phi) is 8.36. The summed E-state index contributed by atoms with van der Waals surface area (Å²) >= 11 is 12.3. The third-order valence-corrected chi connectivity index (χ3v) is 5.53. The number of amides is 4. The van der Waals surface area contributed by atoms with Crippen LogP contribution in [0.15, 0.2) is 42.0 Å². The summed E-state index contributed by atoms with van der Waals surface area (Å²) in [6.45, 7) is 2.63. The van der Waals surface area contributed by atoms with Gasteiger partial charge in [-0.05, 0) is 54.5 Å². The summed E-state index contributed by atoms with van der Waals surface area (Å²) < 4.78 is 11.2. The van der Waals surface area contributed by atoms with Gasteiger partial charge in [-0.1, -0.05) is 49.4 Å². The Labute approximate surface area is 202 Å². The van der Waals surface area contributed by atoms with Crippen molar-refractivity contribution in [3.05, 3.63) is 57.6 Å². The van der Waals surface area contributed by atoms with Crippen molar-refractivity contribution in [3.8, 4) is 11.5 Å². The van der Waals surface area contributed by atoms with E-state index in [-0.39, 0.29) is 16.3 Å². The maximum Gasteiger partial charge on any atom is 0.335 e. The molecule has 1 aliphatic heterocycles. The summed E-state index contributed by atoms with van der Waals surface area (Å²) in [6, 6.07) is 8.46. The highest BCUT2D eigenvalue weighted by atomic mass is 35.5. The van der Waals surface area contributed by atoms with Gasteiger partial charge in [-0.25, -0.2) is 9.69 Å². The second kappa shape index (κ2) is 11.2. The molecule has 1 heterocycles. The van der Waals surface area contributed by atoms with Gasteiger partial charge in [0.1, 0.15) is 5.57 Å². The fourth-order valence-corrected chi connectivity index (χ4v) is 3.71. The van der Waals surface area contributed by atoms with E-state index in [1.54, 1.807) is 24.3 Å². The first-order chi connectivity index (χ1) is 15.8. The van der Waals surface area contributed by atoms with Gasteiger partial charge in [0.15, 0.2) is 11.5 Å². The summed E-state index contributed by atoms with van der Waals surface area (Å²) in [5.41, 5.74) is 0.498. The highest BCUT2D eigenvalue weighted by Gasteiger charge is 2.36. The van der Waals surface area contributed by atoms with E-state index in [4.69, 9.17) is 32.7 Å². The predicted molar refractivity (Wildman–Crippen MR) is 128 cm³/mol. The van der Waals surface area contributed by atoms with Crippen LogP contribution in [0.2, 0.25) is 10.0 Å². The van der Waals surface area contributed by atoms with Gasteiger partial charge in [-0.15, -0.1) is 0 Å². The number of nitrogens with zero attached hydrogens (tertiary/aromatic N) is 1. The first-order valence-corrected chi connectivity index (χ1v) is 11.3. The van der Waals surface area contributed by atoms with Crippen molar-refractivity contribution in [2.45, 2.75) is 32.6 Å². The molecule has 0 spiro atoms. The van der Waals surface area contributed by atoms with Crippen LogP contribution in [-0.4, -0.2) is 31.6 Å². The monoisotopic (exact) mass is 490 g/mol. The zero-order valence-electron chi connectivity index (χ0n) is 18.3. The third-order valence-electron chi connectivity index (χ3n) is 4.99. The molecule has 174 valence electrons. The number of carbonyl (C=O) groups excluding carboxylic acids is 3. The van der Waals surface area contributed by atoms with E-state index in [1.807, 2.05) is 0 Å². The largest absolute Gasteiger partial charge is 0.493 e. The van der Waals surface area contributed by atoms with Gasteiger partial charge in [-0.3, -0.25) is 14.9 Å². The summed E-state index contributed by atoms with van der Waals surface area (Å²) in [6.07, 6.45) is 5.56. The van der Waals surface area contributed by atoms with E-state index >= 15 is 0 Å². The Morgan fingerprint density at radius 3 is 2.42 bits per heavy atom. The van der Waals surface area contributed by atoms with Gasteiger partial charge in [-0.2, -0.15) is 0 Å². The van der Waals surface area contributed by atoms with Gasteiger partial charge in [0.2, 0.25) is 0 Å². The lowest BCUT2D eigenvalue weighted by molar-refractivity contribution is -0.122. The van der Waals surface area contributed by atoms with Gasteiger partial charge >= 0.3 is 6.03 Å². The topological polar surface area (TPSA) is 84.9 Å². The summed E-state index contributed by atoms with van der Waals surface area (Å²) in [7, 11) is 1.48. The maximum atomic E-state index is 13.0. The van der Waals surface area contributed by atoms with Crippen LogP contribution in [0.5, 0.6) is 11.5 Å². The molecule has 33 heavy (non-hydrogen) atoms. The van der Waals surface area contributed by atoms with Crippen LogP contribution < -0.4 is 19.7 Å². The van der Waals surface area contributed by atoms with Crippen LogP contribution >= 0.6 is 23.2 Å². The van der Waals surface area contributed by atoms with Crippen molar-refractivity contribution in [1.29, 1.82) is 0 Å². The zero-order valence-corrected chi connectivity index (χ0v) is 19.8. The number of unbranched alkanes of at least 4 members (excludes halogenated alkanes) is 3.